The fourth-order valence-electron chi connectivity index (χ4n) is 0.926. The van der Waals surface area contributed by atoms with Crippen molar-refractivity contribution in [1.29, 1.82) is 0 Å². The van der Waals surface area contributed by atoms with Crippen molar-refractivity contribution in [2.24, 2.45) is 0 Å². The molecule has 0 saturated heterocycles. The van der Waals surface area contributed by atoms with E-state index >= 15 is 0 Å². The Bertz CT molecular complexity index is 474. The van der Waals surface area contributed by atoms with Crippen LogP contribution < -0.4 is 0 Å². The molecule has 2 rings (SSSR count). The van der Waals surface area contributed by atoms with Crippen LogP contribution in [0, 0.1) is 0 Å². The summed E-state index contributed by atoms with van der Waals surface area (Å²) in [7, 11) is -3.26. The Kier molecular flexibility index (Phi) is 1.32. The van der Waals surface area contributed by atoms with E-state index in [0.29, 0.717) is 11.2 Å². The first kappa shape index (κ1) is 7.42. The highest BCUT2D eigenvalue weighted by Gasteiger charge is 2.14. The lowest BCUT2D eigenvalue weighted by atomic mass is 10.5. The minimum Gasteiger partial charge on any atom is -0.461 e. The maximum absolute atomic E-state index is 11.0. The first-order valence-electron chi connectivity index (χ1n) is 3.24. The van der Waals surface area contributed by atoms with Crippen molar-refractivity contribution in [3.05, 3.63) is 18.4 Å². The van der Waals surface area contributed by atoms with Crippen molar-refractivity contribution in [2.45, 2.75) is 5.09 Å². The summed E-state index contributed by atoms with van der Waals surface area (Å²) in [5.74, 6) is 0. The van der Waals surface area contributed by atoms with E-state index in [1.807, 2.05) is 0 Å². The molecule has 0 aliphatic carbocycles. The van der Waals surface area contributed by atoms with Gasteiger partial charge in [-0.05, 0) is 0 Å². The fraction of sp³-hybridized carbons (Fsp3) is 0.143. The highest BCUT2D eigenvalue weighted by Crippen LogP contribution is 2.22. The van der Waals surface area contributed by atoms with Crippen molar-refractivity contribution >= 4 is 21.0 Å². The molecular formula is C7H6O4S. The molecule has 0 unspecified atom stereocenters. The minimum atomic E-state index is -3.26. The van der Waals surface area contributed by atoms with Gasteiger partial charge in [-0.25, -0.2) is 8.42 Å². The van der Waals surface area contributed by atoms with E-state index < -0.39 is 9.84 Å². The van der Waals surface area contributed by atoms with E-state index in [1.54, 1.807) is 6.07 Å². The quantitative estimate of drug-likeness (QED) is 0.675. The van der Waals surface area contributed by atoms with Crippen LogP contribution in [0.15, 0.2) is 32.3 Å². The predicted molar refractivity (Wildman–Crippen MR) is 41.6 cm³/mol. The van der Waals surface area contributed by atoms with Gasteiger partial charge in [0.25, 0.3) is 0 Å². The summed E-state index contributed by atoms with van der Waals surface area (Å²) in [5, 5.41) is -0.0585. The number of furan rings is 2. The number of hydrogen-bond donors (Lipinski definition) is 0. The molecule has 64 valence electrons. The van der Waals surface area contributed by atoms with Gasteiger partial charge in [-0.1, -0.05) is 0 Å². The molecule has 5 heteroatoms. The highest BCUT2D eigenvalue weighted by atomic mass is 32.2. The Hall–Kier alpha value is -1.23. The maximum atomic E-state index is 11.0. The third kappa shape index (κ3) is 1.02. The van der Waals surface area contributed by atoms with Gasteiger partial charge in [0, 0.05) is 18.4 Å². The van der Waals surface area contributed by atoms with Crippen LogP contribution in [0.2, 0.25) is 0 Å². The second-order valence-corrected chi connectivity index (χ2v) is 4.43. The number of fused-ring (bicyclic) bond motifs is 1. The van der Waals surface area contributed by atoms with Crippen LogP contribution in [-0.4, -0.2) is 14.7 Å². The standard InChI is InChI=1S/C7H6O4S/c1-12(8,9)7-4-6-5(11-7)2-3-10-6/h2-4H,1H3. The van der Waals surface area contributed by atoms with Gasteiger partial charge < -0.3 is 8.83 Å². The number of hydrogen-bond acceptors (Lipinski definition) is 4. The SMILES string of the molecule is CS(=O)(=O)c1cc2occc2o1. The van der Waals surface area contributed by atoms with E-state index in [2.05, 4.69) is 0 Å². The van der Waals surface area contributed by atoms with Crippen LogP contribution in [0.5, 0.6) is 0 Å². The van der Waals surface area contributed by atoms with Crippen LogP contribution in [0.4, 0.5) is 0 Å². The monoisotopic (exact) mass is 186 g/mol. The van der Waals surface area contributed by atoms with Crippen molar-refractivity contribution in [2.75, 3.05) is 6.26 Å². The normalized spacial score (nSPS) is 12.4. The molecule has 0 atom stereocenters. The largest absolute Gasteiger partial charge is 0.461 e. The molecule has 12 heavy (non-hydrogen) atoms. The summed E-state index contributed by atoms with van der Waals surface area (Å²) in [6.07, 6.45) is 2.53. The molecule has 4 nitrogen and oxygen atoms in total. The molecule has 0 spiro atoms. The molecule has 0 radical (unpaired) electrons. The molecule has 0 fully saturated rings. The molecule has 0 bridgehead atoms. The van der Waals surface area contributed by atoms with Crippen LogP contribution in [0.3, 0.4) is 0 Å². The van der Waals surface area contributed by atoms with Crippen molar-refractivity contribution < 1.29 is 17.3 Å². The Labute approximate surface area is 68.7 Å². The molecule has 0 aliphatic heterocycles. The first-order chi connectivity index (χ1) is 5.57. The molecule has 2 aromatic heterocycles. The summed E-state index contributed by atoms with van der Waals surface area (Å²) in [6.45, 7) is 0. The zero-order valence-electron chi connectivity index (χ0n) is 6.27. The molecular weight excluding hydrogens is 180 g/mol. The second-order valence-electron chi connectivity index (χ2n) is 2.49. The van der Waals surface area contributed by atoms with Crippen molar-refractivity contribution in [3.8, 4) is 0 Å². The van der Waals surface area contributed by atoms with E-state index in [0.717, 1.165) is 6.26 Å². The molecule has 2 heterocycles. The Morgan fingerprint density at radius 3 is 2.67 bits per heavy atom. The lowest BCUT2D eigenvalue weighted by Crippen LogP contribution is -1.93. The molecule has 2 aromatic rings. The maximum Gasteiger partial charge on any atom is 0.222 e. The first-order valence-corrected chi connectivity index (χ1v) is 5.13. The Balaban J connectivity index is 2.75. The van der Waals surface area contributed by atoms with E-state index in [1.165, 1.54) is 12.3 Å². The van der Waals surface area contributed by atoms with Crippen molar-refractivity contribution in [1.82, 2.24) is 0 Å². The molecule has 0 saturated carbocycles. The van der Waals surface area contributed by atoms with Gasteiger partial charge in [-0.2, -0.15) is 0 Å². The third-order valence-corrected chi connectivity index (χ3v) is 2.41. The van der Waals surface area contributed by atoms with Crippen LogP contribution in [0.25, 0.3) is 11.2 Å². The van der Waals surface area contributed by atoms with Gasteiger partial charge in [0.15, 0.2) is 11.2 Å². The zero-order valence-corrected chi connectivity index (χ0v) is 7.09. The van der Waals surface area contributed by atoms with Gasteiger partial charge in [-0.15, -0.1) is 0 Å². The van der Waals surface area contributed by atoms with Gasteiger partial charge in [-0.3, -0.25) is 0 Å². The van der Waals surface area contributed by atoms with Crippen LogP contribution >= 0.6 is 0 Å². The lowest BCUT2D eigenvalue weighted by molar-refractivity contribution is 0.484. The third-order valence-electron chi connectivity index (χ3n) is 1.48. The number of sulfone groups is 1. The van der Waals surface area contributed by atoms with Gasteiger partial charge in [0.05, 0.1) is 6.26 Å². The highest BCUT2D eigenvalue weighted by molar-refractivity contribution is 7.90. The van der Waals surface area contributed by atoms with Crippen LogP contribution in [0.1, 0.15) is 0 Å². The molecule has 0 amide bonds. The van der Waals surface area contributed by atoms with E-state index in [-0.39, 0.29) is 5.09 Å². The topological polar surface area (TPSA) is 60.4 Å². The predicted octanol–water partition coefficient (Wildman–Crippen LogP) is 1.43. The van der Waals surface area contributed by atoms with Crippen molar-refractivity contribution in [3.63, 3.8) is 0 Å². The summed E-state index contributed by atoms with van der Waals surface area (Å²) in [6, 6.07) is 2.94. The smallest absolute Gasteiger partial charge is 0.222 e. The van der Waals surface area contributed by atoms with Gasteiger partial charge in [0.2, 0.25) is 14.9 Å². The molecule has 0 aliphatic rings. The zero-order chi connectivity index (χ0) is 8.77. The van der Waals surface area contributed by atoms with E-state index in [9.17, 15) is 8.42 Å². The summed E-state index contributed by atoms with van der Waals surface area (Å²) >= 11 is 0. The summed E-state index contributed by atoms with van der Waals surface area (Å²) < 4.78 is 31.9. The van der Waals surface area contributed by atoms with Gasteiger partial charge in [0.1, 0.15) is 0 Å². The average Bonchev–Trinajstić information content (AvgIpc) is 2.37. The second kappa shape index (κ2) is 2.13. The summed E-state index contributed by atoms with van der Waals surface area (Å²) in [5.41, 5.74) is 0.908. The number of rotatable bonds is 1. The van der Waals surface area contributed by atoms with Crippen LogP contribution in [-0.2, 0) is 9.84 Å². The molecule has 0 aromatic carbocycles. The lowest BCUT2D eigenvalue weighted by Gasteiger charge is -1.86. The average molecular weight is 186 g/mol. The van der Waals surface area contributed by atoms with Gasteiger partial charge >= 0.3 is 0 Å². The molecule has 0 N–H and O–H groups in total. The summed E-state index contributed by atoms with van der Waals surface area (Å²) in [4.78, 5) is 0. The fourth-order valence-corrected chi connectivity index (χ4v) is 1.49. The Morgan fingerprint density at radius 1 is 1.33 bits per heavy atom. The Morgan fingerprint density at radius 2 is 2.08 bits per heavy atom. The minimum absolute atomic E-state index is 0.0585. The van der Waals surface area contributed by atoms with E-state index in [4.69, 9.17) is 8.83 Å².